The first kappa shape index (κ1) is 16.8. The minimum absolute atomic E-state index is 0.180. The van der Waals surface area contributed by atoms with Crippen molar-refractivity contribution in [3.63, 3.8) is 0 Å². The number of carbonyl (C=O) groups is 1. The topological polar surface area (TPSA) is 32.8 Å². The Balaban J connectivity index is 2.03. The molecule has 0 aliphatic carbocycles. The third kappa shape index (κ3) is 4.23. The largest absolute Gasteiger partial charge is 0.378 e. The lowest BCUT2D eigenvalue weighted by Gasteiger charge is -2.26. The van der Waals surface area contributed by atoms with Crippen LogP contribution in [0, 0.1) is 0 Å². The van der Waals surface area contributed by atoms with Crippen molar-refractivity contribution >= 4 is 11.6 Å². The summed E-state index contributed by atoms with van der Waals surface area (Å²) in [6.45, 7) is 5.36. The lowest BCUT2D eigenvalue weighted by atomic mass is 10.0. The number of hydrogen-bond donors (Lipinski definition) is 0. The SMILES string of the molecule is CC(C)OCCC(=O)N1CCC[C@H]1c1cccc(N(C)C)c1. The molecule has 0 saturated carbocycles. The highest BCUT2D eigenvalue weighted by atomic mass is 16.5. The van der Waals surface area contributed by atoms with E-state index in [4.69, 9.17) is 4.74 Å². The van der Waals surface area contributed by atoms with Gasteiger partial charge in [-0.3, -0.25) is 4.79 Å². The van der Waals surface area contributed by atoms with Crippen LogP contribution >= 0.6 is 0 Å². The number of likely N-dealkylation sites (tertiary alicyclic amines) is 1. The quantitative estimate of drug-likeness (QED) is 0.809. The Bertz CT molecular complexity index is 500. The number of nitrogens with zero attached hydrogens (tertiary/aromatic N) is 2. The van der Waals surface area contributed by atoms with Crippen LogP contribution in [0.1, 0.15) is 44.7 Å². The Morgan fingerprint density at radius 2 is 2.18 bits per heavy atom. The predicted molar refractivity (Wildman–Crippen MR) is 90.2 cm³/mol. The second kappa shape index (κ2) is 7.63. The third-order valence-electron chi connectivity index (χ3n) is 4.11. The van der Waals surface area contributed by atoms with Crippen LogP contribution < -0.4 is 4.90 Å². The van der Waals surface area contributed by atoms with Crippen molar-refractivity contribution in [1.82, 2.24) is 4.90 Å². The lowest BCUT2D eigenvalue weighted by molar-refractivity contribution is -0.133. The fraction of sp³-hybridized carbons (Fsp3) is 0.611. The average molecular weight is 304 g/mol. The van der Waals surface area contributed by atoms with Crippen LogP contribution in [0.25, 0.3) is 0 Å². The Labute approximate surface area is 134 Å². The van der Waals surface area contributed by atoms with Crippen LogP contribution in [-0.2, 0) is 9.53 Å². The Morgan fingerprint density at radius 1 is 1.41 bits per heavy atom. The molecule has 2 rings (SSSR count). The van der Waals surface area contributed by atoms with E-state index >= 15 is 0 Å². The molecule has 1 aromatic carbocycles. The number of benzene rings is 1. The van der Waals surface area contributed by atoms with Gasteiger partial charge in [0.2, 0.25) is 5.91 Å². The number of rotatable bonds is 6. The first-order valence-corrected chi connectivity index (χ1v) is 8.17. The van der Waals surface area contributed by atoms with Gasteiger partial charge in [-0.25, -0.2) is 0 Å². The maximum atomic E-state index is 12.5. The fourth-order valence-corrected chi connectivity index (χ4v) is 2.95. The second-order valence-corrected chi connectivity index (χ2v) is 6.40. The zero-order valence-electron chi connectivity index (χ0n) is 14.2. The van der Waals surface area contributed by atoms with Crippen molar-refractivity contribution in [2.75, 3.05) is 32.1 Å². The molecular formula is C18H28N2O2. The summed E-state index contributed by atoms with van der Waals surface area (Å²) in [4.78, 5) is 16.6. The Morgan fingerprint density at radius 3 is 2.86 bits per heavy atom. The molecule has 122 valence electrons. The van der Waals surface area contributed by atoms with Crippen LogP contribution in [0.2, 0.25) is 0 Å². The molecule has 0 N–H and O–H groups in total. The van der Waals surface area contributed by atoms with Gasteiger partial charge in [0.25, 0.3) is 0 Å². The first-order chi connectivity index (χ1) is 10.5. The van der Waals surface area contributed by atoms with Gasteiger partial charge in [-0.2, -0.15) is 0 Å². The van der Waals surface area contributed by atoms with Crippen molar-refractivity contribution < 1.29 is 9.53 Å². The van der Waals surface area contributed by atoms with E-state index in [1.54, 1.807) is 0 Å². The molecule has 0 bridgehead atoms. The van der Waals surface area contributed by atoms with E-state index in [1.807, 2.05) is 32.8 Å². The summed E-state index contributed by atoms with van der Waals surface area (Å²) in [7, 11) is 4.08. The van der Waals surface area contributed by atoms with E-state index in [1.165, 1.54) is 11.3 Å². The van der Waals surface area contributed by atoms with Gasteiger partial charge in [0.1, 0.15) is 0 Å². The van der Waals surface area contributed by atoms with E-state index in [-0.39, 0.29) is 18.1 Å². The summed E-state index contributed by atoms with van der Waals surface area (Å²) in [5, 5.41) is 0. The normalized spacial score (nSPS) is 18.0. The van der Waals surface area contributed by atoms with E-state index in [0.29, 0.717) is 13.0 Å². The Hall–Kier alpha value is -1.55. The van der Waals surface area contributed by atoms with E-state index in [2.05, 4.69) is 29.2 Å². The standard InChI is InChI=1S/C18H28N2O2/c1-14(2)22-12-10-18(21)20-11-6-9-17(20)15-7-5-8-16(13-15)19(3)4/h5,7-8,13-14,17H,6,9-12H2,1-4H3/t17-/m0/s1. The molecule has 0 spiro atoms. The minimum atomic E-state index is 0.180. The minimum Gasteiger partial charge on any atom is -0.378 e. The van der Waals surface area contributed by atoms with Crippen molar-refractivity contribution in [3.05, 3.63) is 29.8 Å². The molecular weight excluding hydrogens is 276 g/mol. The summed E-state index contributed by atoms with van der Waals surface area (Å²) in [5.74, 6) is 0.207. The molecule has 1 atom stereocenters. The number of hydrogen-bond acceptors (Lipinski definition) is 3. The smallest absolute Gasteiger partial charge is 0.225 e. The lowest BCUT2D eigenvalue weighted by Crippen LogP contribution is -2.31. The summed E-state index contributed by atoms with van der Waals surface area (Å²) in [6.07, 6.45) is 2.78. The predicted octanol–water partition coefficient (Wildman–Crippen LogP) is 3.23. The van der Waals surface area contributed by atoms with Gasteiger partial charge < -0.3 is 14.5 Å². The van der Waals surface area contributed by atoms with Gasteiger partial charge in [0, 0.05) is 26.3 Å². The summed E-state index contributed by atoms with van der Waals surface area (Å²) >= 11 is 0. The highest BCUT2D eigenvalue weighted by Gasteiger charge is 2.29. The molecule has 0 radical (unpaired) electrons. The molecule has 4 nitrogen and oxygen atoms in total. The van der Waals surface area contributed by atoms with Crippen LogP contribution in [-0.4, -0.2) is 44.2 Å². The van der Waals surface area contributed by atoms with Crippen LogP contribution in [0.3, 0.4) is 0 Å². The van der Waals surface area contributed by atoms with Crippen LogP contribution in [0.15, 0.2) is 24.3 Å². The molecule has 1 amide bonds. The molecule has 1 aliphatic rings. The molecule has 1 saturated heterocycles. The number of ether oxygens (including phenoxy) is 1. The molecule has 1 heterocycles. The van der Waals surface area contributed by atoms with Gasteiger partial charge in [-0.15, -0.1) is 0 Å². The summed E-state index contributed by atoms with van der Waals surface area (Å²) < 4.78 is 5.51. The van der Waals surface area contributed by atoms with Gasteiger partial charge in [-0.05, 0) is 44.4 Å². The monoisotopic (exact) mass is 304 g/mol. The van der Waals surface area contributed by atoms with E-state index in [9.17, 15) is 4.79 Å². The molecule has 0 aromatic heterocycles. The molecule has 0 unspecified atom stereocenters. The molecule has 4 heteroatoms. The highest BCUT2D eigenvalue weighted by Crippen LogP contribution is 2.33. The fourth-order valence-electron chi connectivity index (χ4n) is 2.95. The molecule has 1 fully saturated rings. The average Bonchev–Trinajstić information content (AvgIpc) is 2.96. The molecule has 22 heavy (non-hydrogen) atoms. The van der Waals surface area contributed by atoms with Gasteiger partial charge >= 0.3 is 0 Å². The van der Waals surface area contributed by atoms with Crippen LogP contribution in [0.5, 0.6) is 0 Å². The maximum Gasteiger partial charge on any atom is 0.225 e. The highest BCUT2D eigenvalue weighted by molar-refractivity contribution is 5.77. The molecule has 1 aliphatic heterocycles. The van der Waals surface area contributed by atoms with Crippen molar-refractivity contribution in [2.45, 2.75) is 45.3 Å². The van der Waals surface area contributed by atoms with Gasteiger partial charge in [-0.1, -0.05) is 12.1 Å². The van der Waals surface area contributed by atoms with Crippen molar-refractivity contribution in [1.29, 1.82) is 0 Å². The number of carbonyl (C=O) groups excluding carboxylic acids is 1. The Kier molecular flexibility index (Phi) is 5.83. The first-order valence-electron chi connectivity index (χ1n) is 8.17. The van der Waals surface area contributed by atoms with Gasteiger partial charge in [0.05, 0.1) is 25.2 Å². The van der Waals surface area contributed by atoms with Crippen molar-refractivity contribution in [3.8, 4) is 0 Å². The van der Waals surface area contributed by atoms with Gasteiger partial charge in [0.15, 0.2) is 0 Å². The van der Waals surface area contributed by atoms with Crippen LogP contribution in [0.4, 0.5) is 5.69 Å². The van der Waals surface area contributed by atoms with Crippen molar-refractivity contribution in [2.24, 2.45) is 0 Å². The number of amides is 1. The van der Waals surface area contributed by atoms with E-state index in [0.717, 1.165) is 19.4 Å². The summed E-state index contributed by atoms with van der Waals surface area (Å²) in [6, 6.07) is 8.72. The second-order valence-electron chi connectivity index (χ2n) is 6.40. The third-order valence-corrected chi connectivity index (χ3v) is 4.11. The molecule has 1 aromatic rings. The maximum absolute atomic E-state index is 12.5. The zero-order chi connectivity index (χ0) is 16.1. The summed E-state index contributed by atoms with van der Waals surface area (Å²) in [5.41, 5.74) is 2.42. The van der Waals surface area contributed by atoms with E-state index < -0.39 is 0 Å². The number of anilines is 1. The zero-order valence-corrected chi connectivity index (χ0v) is 14.2.